The second kappa shape index (κ2) is 5.32. The van der Waals surface area contributed by atoms with E-state index in [2.05, 4.69) is 6.07 Å². The van der Waals surface area contributed by atoms with E-state index in [9.17, 15) is 4.39 Å². The Bertz CT molecular complexity index is 804. The first-order valence-corrected chi connectivity index (χ1v) is 6.93. The molecular weight excluding hydrogens is 273 g/mol. The number of fused-ring (bicyclic) bond motifs is 1. The monoisotopic (exact) mass is 283 g/mol. The first-order valence-electron chi connectivity index (χ1n) is 6.05. The molecule has 0 fully saturated rings. The van der Waals surface area contributed by atoms with Gasteiger partial charge in [0, 0.05) is 16.3 Å². The summed E-state index contributed by atoms with van der Waals surface area (Å²) in [5.41, 5.74) is 1.11. The summed E-state index contributed by atoms with van der Waals surface area (Å²) >= 11 is 1.66. The quantitative estimate of drug-likeness (QED) is 0.709. The van der Waals surface area contributed by atoms with Gasteiger partial charge in [0.2, 0.25) is 0 Å². The van der Waals surface area contributed by atoms with Crippen LogP contribution < -0.4 is 4.74 Å². The van der Waals surface area contributed by atoms with Crippen LogP contribution in [0.5, 0.6) is 5.75 Å². The topological polar surface area (TPSA) is 33.0 Å². The molecule has 0 unspecified atom stereocenters. The molecule has 0 saturated carbocycles. The number of ether oxygens (including phenoxy) is 1. The van der Waals surface area contributed by atoms with Gasteiger partial charge in [0.25, 0.3) is 0 Å². The average molecular weight is 283 g/mol. The molecule has 1 aromatic heterocycles. The van der Waals surface area contributed by atoms with Gasteiger partial charge in [-0.2, -0.15) is 5.26 Å². The number of hydrogen-bond donors (Lipinski definition) is 0. The van der Waals surface area contributed by atoms with Gasteiger partial charge >= 0.3 is 0 Å². The minimum absolute atomic E-state index is 0.0262. The molecule has 0 aliphatic carbocycles. The van der Waals surface area contributed by atoms with Crippen molar-refractivity contribution in [3.8, 4) is 11.8 Å². The van der Waals surface area contributed by atoms with E-state index in [1.165, 1.54) is 16.8 Å². The molecule has 20 heavy (non-hydrogen) atoms. The van der Waals surface area contributed by atoms with Crippen molar-refractivity contribution >= 4 is 21.4 Å². The third-order valence-corrected chi connectivity index (χ3v) is 4.03. The van der Waals surface area contributed by atoms with Crippen LogP contribution >= 0.6 is 11.3 Å². The van der Waals surface area contributed by atoms with Gasteiger partial charge in [-0.3, -0.25) is 0 Å². The van der Waals surface area contributed by atoms with Crippen LogP contribution in [0.25, 0.3) is 10.1 Å². The Morgan fingerprint density at radius 2 is 2.05 bits per heavy atom. The van der Waals surface area contributed by atoms with Crippen molar-refractivity contribution in [3.05, 3.63) is 64.8 Å². The van der Waals surface area contributed by atoms with E-state index in [1.54, 1.807) is 23.5 Å². The molecule has 0 bridgehead atoms. The molecule has 98 valence electrons. The van der Waals surface area contributed by atoms with Crippen LogP contribution in [0.3, 0.4) is 0 Å². The van der Waals surface area contributed by atoms with Crippen LogP contribution in [0.4, 0.5) is 4.39 Å². The fraction of sp³-hybridized carbons (Fsp3) is 0.0625. The summed E-state index contributed by atoms with van der Waals surface area (Å²) in [5.74, 6) is -0.128. The number of halogens is 1. The van der Waals surface area contributed by atoms with Crippen LogP contribution in [-0.2, 0) is 6.61 Å². The molecule has 0 spiro atoms. The SMILES string of the molecule is N#Cc1ccc(OCc2csc3ccccc23)cc1F. The van der Waals surface area contributed by atoms with Crippen molar-refractivity contribution in [2.24, 2.45) is 0 Å². The fourth-order valence-electron chi connectivity index (χ4n) is 1.98. The average Bonchev–Trinajstić information content (AvgIpc) is 2.88. The fourth-order valence-corrected chi connectivity index (χ4v) is 2.93. The summed E-state index contributed by atoms with van der Waals surface area (Å²) in [7, 11) is 0. The summed E-state index contributed by atoms with van der Waals surface area (Å²) in [4.78, 5) is 0. The number of thiophene rings is 1. The molecule has 0 saturated heterocycles. The van der Waals surface area contributed by atoms with E-state index < -0.39 is 5.82 Å². The third kappa shape index (κ3) is 2.36. The van der Waals surface area contributed by atoms with Gasteiger partial charge in [0.15, 0.2) is 0 Å². The van der Waals surface area contributed by atoms with Gasteiger partial charge in [-0.1, -0.05) is 18.2 Å². The highest BCUT2D eigenvalue weighted by molar-refractivity contribution is 7.17. The lowest BCUT2D eigenvalue weighted by Crippen LogP contribution is -1.95. The highest BCUT2D eigenvalue weighted by Crippen LogP contribution is 2.27. The zero-order chi connectivity index (χ0) is 13.9. The summed E-state index contributed by atoms with van der Waals surface area (Å²) in [6.45, 7) is 0.384. The van der Waals surface area contributed by atoms with Gasteiger partial charge in [0.05, 0.1) is 5.56 Å². The maximum atomic E-state index is 13.5. The van der Waals surface area contributed by atoms with Crippen molar-refractivity contribution < 1.29 is 9.13 Å². The predicted molar refractivity (Wildman–Crippen MR) is 77.3 cm³/mol. The lowest BCUT2D eigenvalue weighted by Gasteiger charge is -2.06. The minimum atomic E-state index is -0.555. The Kier molecular flexibility index (Phi) is 3.36. The normalized spacial score (nSPS) is 10.4. The molecular formula is C16H10FNOS. The summed E-state index contributed by atoms with van der Waals surface area (Å²) in [6.07, 6.45) is 0. The second-order valence-corrected chi connectivity index (χ2v) is 5.21. The Balaban J connectivity index is 1.80. The third-order valence-electron chi connectivity index (χ3n) is 3.02. The molecule has 2 nitrogen and oxygen atoms in total. The molecule has 0 aliphatic heterocycles. The van der Waals surface area contributed by atoms with Crippen LogP contribution in [0.2, 0.25) is 0 Å². The lowest BCUT2D eigenvalue weighted by molar-refractivity contribution is 0.306. The zero-order valence-corrected chi connectivity index (χ0v) is 11.3. The predicted octanol–water partition coefficient (Wildman–Crippen LogP) is 4.49. The van der Waals surface area contributed by atoms with Gasteiger partial charge in [-0.05, 0) is 29.0 Å². The molecule has 2 aromatic carbocycles. The van der Waals surface area contributed by atoms with Crippen molar-refractivity contribution in [1.29, 1.82) is 5.26 Å². The Hall–Kier alpha value is -2.38. The van der Waals surface area contributed by atoms with Crippen molar-refractivity contribution in [2.45, 2.75) is 6.61 Å². The second-order valence-electron chi connectivity index (χ2n) is 4.30. The van der Waals surface area contributed by atoms with Crippen molar-refractivity contribution in [1.82, 2.24) is 0 Å². The standard InChI is InChI=1S/C16H10FNOS/c17-15-7-13(6-5-11(15)8-18)19-9-12-10-20-16-4-2-1-3-14(12)16/h1-7,10H,9H2. The zero-order valence-electron chi connectivity index (χ0n) is 10.5. The van der Waals surface area contributed by atoms with E-state index in [0.29, 0.717) is 12.4 Å². The number of hydrogen-bond acceptors (Lipinski definition) is 3. The Labute approximate surface area is 119 Å². The molecule has 0 amide bonds. The number of benzene rings is 2. The van der Waals surface area contributed by atoms with E-state index in [1.807, 2.05) is 23.6 Å². The van der Waals surface area contributed by atoms with Crippen molar-refractivity contribution in [2.75, 3.05) is 0 Å². The minimum Gasteiger partial charge on any atom is -0.489 e. The molecule has 3 rings (SSSR count). The van der Waals surface area contributed by atoms with E-state index in [0.717, 1.165) is 10.9 Å². The molecule has 3 aromatic rings. The first-order chi connectivity index (χ1) is 9.78. The van der Waals surface area contributed by atoms with Gasteiger partial charge < -0.3 is 4.74 Å². The van der Waals surface area contributed by atoms with Crippen LogP contribution in [-0.4, -0.2) is 0 Å². The molecule has 0 N–H and O–H groups in total. The van der Waals surface area contributed by atoms with Crippen LogP contribution in [0.1, 0.15) is 11.1 Å². The molecule has 1 heterocycles. The molecule has 4 heteroatoms. The highest BCUT2D eigenvalue weighted by Gasteiger charge is 2.06. The summed E-state index contributed by atoms with van der Waals surface area (Å²) < 4.78 is 20.3. The summed E-state index contributed by atoms with van der Waals surface area (Å²) in [5, 5.41) is 11.9. The maximum Gasteiger partial charge on any atom is 0.144 e. The summed E-state index contributed by atoms with van der Waals surface area (Å²) in [6, 6.07) is 14.2. The molecule has 0 aliphatic rings. The first kappa shape index (κ1) is 12.6. The van der Waals surface area contributed by atoms with E-state index in [4.69, 9.17) is 10.00 Å². The largest absolute Gasteiger partial charge is 0.489 e. The van der Waals surface area contributed by atoms with E-state index >= 15 is 0 Å². The van der Waals surface area contributed by atoms with Crippen molar-refractivity contribution in [3.63, 3.8) is 0 Å². The van der Waals surface area contributed by atoms with Crippen LogP contribution in [0, 0.1) is 17.1 Å². The number of nitriles is 1. The lowest BCUT2D eigenvalue weighted by atomic mass is 10.2. The smallest absolute Gasteiger partial charge is 0.144 e. The number of rotatable bonds is 3. The Morgan fingerprint density at radius 3 is 2.85 bits per heavy atom. The van der Waals surface area contributed by atoms with Crippen LogP contribution in [0.15, 0.2) is 47.8 Å². The number of nitrogens with zero attached hydrogens (tertiary/aromatic N) is 1. The molecule has 0 atom stereocenters. The van der Waals surface area contributed by atoms with Gasteiger partial charge in [-0.25, -0.2) is 4.39 Å². The highest BCUT2D eigenvalue weighted by atomic mass is 32.1. The maximum absolute atomic E-state index is 13.5. The molecule has 0 radical (unpaired) electrons. The Morgan fingerprint density at radius 1 is 1.20 bits per heavy atom. The van der Waals surface area contributed by atoms with Gasteiger partial charge in [-0.15, -0.1) is 11.3 Å². The van der Waals surface area contributed by atoms with Gasteiger partial charge in [0.1, 0.15) is 24.2 Å². The van der Waals surface area contributed by atoms with E-state index in [-0.39, 0.29) is 5.56 Å².